The summed E-state index contributed by atoms with van der Waals surface area (Å²) in [6.07, 6.45) is 1.75. The predicted octanol–water partition coefficient (Wildman–Crippen LogP) is 4.36. The van der Waals surface area contributed by atoms with Crippen molar-refractivity contribution >= 4 is 16.7 Å². The van der Waals surface area contributed by atoms with Crippen LogP contribution in [0.25, 0.3) is 10.9 Å². The van der Waals surface area contributed by atoms with E-state index in [0.717, 1.165) is 49.2 Å². The van der Waals surface area contributed by atoms with Crippen molar-refractivity contribution in [3.8, 4) is 0 Å². The fourth-order valence-corrected chi connectivity index (χ4v) is 4.12. The summed E-state index contributed by atoms with van der Waals surface area (Å²) in [5, 5.41) is 1.18. The second kappa shape index (κ2) is 7.00. The van der Waals surface area contributed by atoms with Crippen molar-refractivity contribution in [2.45, 2.75) is 31.7 Å². The van der Waals surface area contributed by atoms with Gasteiger partial charge < -0.3 is 0 Å². The molecule has 0 unspecified atom stereocenters. The van der Waals surface area contributed by atoms with Crippen LogP contribution in [0.15, 0.2) is 66.7 Å². The SMILES string of the molecule is CC(=O)C1(c2ccccc2)CCN(Cc2ccc3ccccc3n2)CC1. The van der Waals surface area contributed by atoms with Crippen LogP contribution in [0.1, 0.15) is 31.0 Å². The highest BCUT2D eigenvalue weighted by Crippen LogP contribution is 2.36. The van der Waals surface area contributed by atoms with E-state index in [4.69, 9.17) is 4.98 Å². The van der Waals surface area contributed by atoms with E-state index >= 15 is 0 Å². The number of fused-ring (bicyclic) bond motifs is 1. The quantitative estimate of drug-likeness (QED) is 0.705. The molecule has 0 amide bonds. The number of hydrogen-bond donors (Lipinski definition) is 0. The minimum Gasteiger partial charge on any atom is -0.299 e. The molecule has 26 heavy (non-hydrogen) atoms. The molecule has 0 spiro atoms. The Morgan fingerprint density at radius 2 is 1.65 bits per heavy atom. The molecule has 3 aromatic rings. The van der Waals surface area contributed by atoms with Crippen LogP contribution in [0.5, 0.6) is 0 Å². The van der Waals surface area contributed by atoms with Gasteiger partial charge in [0.05, 0.1) is 16.6 Å². The second-order valence-electron chi connectivity index (χ2n) is 7.28. The molecule has 1 fully saturated rings. The average Bonchev–Trinajstić information content (AvgIpc) is 2.69. The minimum atomic E-state index is -0.325. The number of pyridine rings is 1. The van der Waals surface area contributed by atoms with Crippen LogP contribution in [-0.2, 0) is 16.8 Å². The molecule has 0 atom stereocenters. The third-order valence-corrected chi connectivity index (χ3v) is 5.75. The lowest BCUT2D eigenvalue weighted by Crippen LogP contribution is -2.46. The largest absolute Gasteiger partial charge is 0.299 e. The molecule has 0 saturated carbocycles. The Morgan fingerprint density at radius 1 is 0.962 bits per heavy atom. The molecule has 1 aromatic heterocycles. The smallest absolute Gasteiger partial charge is 0.140 e. The van der Waals surface area contributed by atoms with Crippen LogP contribution in [0.2, 0.25) is 0 Å². The van der Waals surface area contributed by atoms with Gasteiger partial charge in [-0.1, -0.05) is 54.6 Å². The number of Topliss-reactive ketones (excluding diaryl/α,β-unsaturated/α-hetero) is 1. The van der Waals surface area contributed by atoms with Gasteiger partial charge >= 0.3 is 0 Å². The molecule has 1 saturated heterocycles. The lowest BCUT2D eigenvalue weighted by molar-refractivity contribution is -0.124. The fraction of sp³-hybridized carbons (Fsp3) is 0.304. The molecule has 0 N–H and O–H groups in total. The number of nitrogens with zero attached hydrogens (tertiary/aromatic N) is 2. The Bertz CT molecular complexity index is 912. The summed E-state index contributed by atoms with van der Waals surface area (Å²) in [4.78, 5) is 19.7. The summed E-state index contributed by atoms with van der Waals surface area (Å²) in [5.41, 5.74) is 2.98. The van der Waals surface area contributed by atoms with E-state index < -0.39 is 0 Å². The molecule has 0 bridgehead atoms. The zero-order valence-corrected chi connectivity index (χ0v) is 15.2. The maximum absolute atomic E-state index is 12.5. The number of benzene rings is 2. The van der Waals surface area contributed by atoms with Crippen molar-refractivity contribution in [2.24, 2.45) is 0 Å². The number of ketones is 1. The highest BCUT2D eigenvalue weighted by atomic mass is 16.1. The Labute approximate surface area is 154 Å². The summed E-state index contributed by atoms with van der Waals surface area (Å²) < 4.78 is 0. The van der Waals surface area contributed by atoms with E-state index in [2.05, 4.69) is 41.3 Å². The molecular formula is C23H24N2O. The van der Waals surface area contributed by atoms with Crippen molar-refractivity contribution < 1.29 is 4.79 Å². The lowest BCUT2D eigenvalue weighted by atomic mass is 9.70. The molecular weight excluding hydrogens is 320 g/mol. The van der Waals surface area contributed by atoms with Crippen LogP contribution in [0.4, 0.5) is 0 Å². The zero-order chi connectivity index (χ0) is 18.0. The highest BCUT2D eigenvalue weighted by Gasteiger charge is 2.40. The molecule has 4 rings (SSSR count). The summed E-state index contributed by atoms with van der Waals surface area (Å²) in [6.45, 7) is 4.42. The Balaban J connectivity index is 1.49. The van der Waals surface area contributed by atoms with E-state index in [1.54, 1.807) is 6.92 Å². The molecule has 0 aliphatic carbocycles. The summed E-state index contributed by atoms with van der Waals surface area (Å²) in [6, 6.07) is 22.8. The van der Waals surface area contributed by atoms with Gasteiger partial charge in [0.25, 0.3) is 0 Å². The maximum atomic E-state index is 12.5. The van der Waals surface area contributed by atoms with Crippen LogP contribution < -0.4 is 0 Å². The molecule has 3 nitrogen and oxygen atoms in total. The van der Waals surface area contributed by atoms with Crippen LogP contribution in [0.3, 0.4) is 0 Å². The van der Waals surface area contributed by atoms with Gasteiger partial charge in [0.2, 0.25) is 0 Å². The van der Waals surface area contributed by atoms with Crippen molar-refractivity contribution in [1.29, 1.82) is 0 Å². The Morgan fingerprint density at radius 3 is 2.38 bits per heavy atom. The van der Waals surface area contributed by atoms with Gasteiger partial charge in [0.1, 0.15) is 5.78 Å². The third-order valence-electron chi connectivity index (χ3n) is 5.75. The molecule has 2 aromatic carbocycles. The number of carbonyl (C=O) groups is 1. The second-order valence-corrected chi connectivity index (χ2v) is 7.28. The van der Waals surface area contributed by atoms with E-state index in [-0.39, 0.29) is 11.2 Å². The van der Waals surface area contributed by atoms with Crippen LogP contribution >= 0.6 is 0 Å². The topological polar surface area (TPSA) is 33.2 Å². The fourth-order valence-electron chi connectivity index (χ4n) is 4.12. The number of hydrogen-bond acceptors (Lipinski definition) is 3. The first-order chi connectivity index (χ1) is 12.7. The van der Waals surface area contributed by atoms with Crippen molar-refractivity contribution in [1.82, 2.24) is 9.88 Å². The summed E-state index contributed by atoms with van der Waals surface area (Å²) in [7, 11) is 0. The summed E-state index contributed by atoms with van der Waals surface area (Å²) in [5.74, 6) is 0.284. The monoisotopic (exact) mass is 344 g/mol. The number of aromatic nitrogens is 1. The number of rotatable bonds is 4. The number of carbonyl (C=O) groups excluding carboxylic acids is 1. The average molecular weight is 344 g/mol. The first kappa shape index (κ1) is 16.9. The molecule has 3 heteroatoms. The molecule has 0 radical (unpaired) electrons. The zero-order valence-electron chi connectivity index (χ0n) is 15.2. The Kier molecular flexibility index (Phi) is 4.56. The standard InChI is InChI=1S/C23H24N2O/c1-18(26)23(20-8-3-2-4-9-20)13-15-25(16-14-23)17-21-12-11-19-7-5-6-10-22(19)24-21/h2-12H,13-17H2,1H3. The van der Waals surface area contributed by atoms with Crippen molar-refractivity contribution in [3.05, 3.63) is 78.0 Å². The first-order valence-corrected chi connectivity index (χ1v) is 9.31. The highest BCUT2D eigenvalue weighted by molar-refractivity contribution is 5.88. The van der Waals surface area contributed by atoms with E-state index in [0.29, 0.717) is 0 Å². The molecule has 1 aliphatic heterocycles. The van der Waals surface area contributed by atoms with Gasteiger partial charge in [0.15, 0.2) is 0 Å². The molecule has 1 aliphatic rings. The van der Waals surface area contributed by atoms with E-state index in [1.165, 1.54) is 5.39 Å². The van der Waals surface area contributed by atoms with E-state index in [1.807, 2.05) is 30.3 Å². The molecule has 2 heterocycles. The third kappa shape index (κ3) is 3.15. The van der Waals surface area contributed by atoms with Gasteiger partial charge in [-0.3, -0.25) is 14.7 Å². The number of para-hydroxylation sites is 1. The van der Waals surface area contributed by atoms with Crippen molar-refractivity contribution in [2.75, 3.05) is 13.1 Å². The van der Waals surface area contributed by atoms with Crippen molar-refractivity contribution in [3.63, 3.8) is 0 Å². The lowest BCUT2D eigenvalue weighted by Gasteiger charge is -2.40. The van der Waals surface area contributed by atoms with Gasteiger partial charge in [-0.2, -0.15) is 0 Å². The maximum Gasteiger partial charge on any atom is 0.140 e. The van der Waals surface area contributed by atoms with Crippen LogP contribution in [-0.4, -0.2) is 28.8 Å². The van der Waals surface area contributed by atoms with E-state index in [9.17, 15) is 4.79 Å². The van der Waals surface area contributed by atoms with Gasteiger partial charge in [-0.05, 0) is 50.6 Å². The van der Waals surface area contributed by atoms with Crippen LogP contribution in [0, 0.1) is 0 Å². The first-order valence-electron chi connectivity index (χ1n) is 9.31. The normalized spacial score (nSPS) is 17.3. The van der Waals surface area contributed by atoms with Gasteiger partial charge in [-0.15, -0.1) is 0 Å². The number of piperidine rings is 1. The van der Waals surface area contributed by atoms with Gasteiger partial charge in [0, 0.05) is 11.9 Å². The number of likely N-dealkylation sites (tertiary alicyclic amines) is 1. The predicted molar refractivity (Wildman–Crippen MR) is 105 cm³/mol. The summed E-state index contributed by atoms with van der Waals surface area (Å²) >= 11 is 0. The van der Waals surface area contributed by atoms with Gasteiger partial charge in [-0.25, -0.2) is 0 Å². The minimum absolute atomic E-state index is 0.284. The Hall–Kier alpha value is -2.52. The molecule has 132 valence electrons.